The molecule has 0 aliphatic rings. The van der Waals surface area contributed by atoms with Crippen LogP contribution in [0.25, 0.3) is 6.08 Å². The number of carbonyl (C=O) groups is 1. The zero-order chi connectivity index (χ0) is 16.9. The lowest BCUT2D eigenvalue weighted by atomic mass is 10.2. The molecule has 8 heteroatoms. The number of ether oxygens (including phenoxy) is 1. The first-order valence-corrected chi connectivity index (χ1v) is 7.89. The smallest absolute Gasteiger partial charge is 0.258 e. The van der Waals surface area contributed by atoms with Gasteiger partial charge < -0.3 is 4.74 Å². The molecule has 0 heterocycles. The molecule has 0 aliphatic heterocycles. The molecule has 0 aliphatic carbocycles. The van der Waals surface area contributed by atoms with Crippen LogP contribution in [0, 0.1) is 0 Å². The van der Waals surface area contributed by atoms with Gasteiger partial charge in [-0.2, -0.15) is 0 Å². The molecule has 0 saturated carbocycles. The molecule has 0 fully saturated rings. The second-order valence-electron chi connectivity index (χ2n) is 4.90. The third kappa shape index (κ3) is 4.55. The lowest BCUT2D eigenvalue weighted by molar-refractivity contribution is -0.119. The minimum absolute atomic E-state index is 0.0511. The van der Waals surface area contributed by atoms with E-state index in [2.05, 4.69) is 5.43 Å². The highest BCUT2D eigenvalue weighted by Crippen LogP contribution is 2.27. The zero-order valence-electron chi connectivity index (χ0n) is 13.3. The van der Waals surface area contributed by atoms with E-state index in [1.54, 1.807) is 26.2 Å². The summed E-state index contributed by atoms with van der Waals surface area (Å²) in [6, 6.07) is 4.69. The van der Waals surface area contributed by atoms with Gasteiger partial charge in [-0.1, -0.05) is 6.07 Å². The molecule has 1 aromatic rings. The van der Waals surface area contributed by atoms with Crippen LogP contribution >= 0.6 is 0 Å². The summed E-state index contributed by atoms with van der Waals surface area (Å²) < 4.78 is 30.8. The third-order valence-corrected chi connectivity index (χ3v) is 4.54. The average Bonchev–Trinajstić information content (AvgIpc) is 2.43. The molecule has 122 valence electrons. The monoisotopic (exact) mass is 327 g/mol. The second-order valence-corrected chi connectivity index (χ2v) is 7.02. The Kier molecular flexibility index (Phi) is 6.10. The summed E-state index contributed by atoms with van der Waals surface area (Å²) in [5.74, 6) is -0.0542. The van der Waals surface area contributed by atoms with Crippen LogP contribution in [0.4, 0.5) is 0 Å². The normalized spacial score (nSPS) is 12.1. The number of nitrogens with one attached hydrogen (secondary N) is 1. The van der Waals surface area contributed by atoms with Gasteiger partial charge in [0.05, 0.1) is 7.11 Å². The van der Waals surface area contributed by atoms with Crippen molar-refractivity contribution in [1.82, 2.24) is 14.7 Å². The highest BCUT2D eigenvalue weighted by Gasteiger charge is 2.22. The van der Waals surface area contributed by atoms with Gasteiger partial charge >= 0.3 is 0 Å². The van der Waals surface area contributed by atoms with Crippen molar-refractivity contribution in [3.05, 3.63) is 29.8 Å². The minimum atomic E-state index is -3.63. The number of carbonyl (C=O) groups excluding carboxylic acids is 1. The quantitative estimate of drug-likeness (QED) is 0.610. The molecule has 22 heavy (non-hydrogen) atoms. The van der Waals surface area contributed by atoms with Crippen molar-refractivity contribution in [3.8, 4) is 5.75 Å². The van der Waals surface area contributed by atoms with Gasteiger partial charge in [-0.15, -0.1) is 0 Å². The fourth-order valence-electron chi connectivity index (χ4n) is 1.62. The summed E-state index contributed by atoms with van der Waals surface area (Å²) in [6.07, 6.45) is 2.86. The van der Waals surface area contributed by atoms with E-state index in [1.165, 1.54) is 44.4 Å². The van der Waals surface area contributed by atoms with Gasteiger partial charge in [0.1, 0.15) is 10.6 Å². The molecule has 7 nitrogen and oxygen atoms in total. The molecule has 0 radical (unpaired) electrons. The molecular formula is C14H21N3O4S. The van der Waals surface area contributed by atoms with Gasteiger partial charge in [-0.3, -0.25) is 10.2 Å². The van der Waals surface area contributed by atoms with E-state index < -0.39 is 10.0 Å². The molecule has 0 spiro atoms. The highest BCUT2D eigenvalue weighted by molar-refractivity contribution is 7.89. The Hall–Kier alpha value is -1.90. The molecule has 0 bridgehead atoms. The molecule has 1 aromatic carbocycles. The molecule has 1 rings (SSSR count). The predicted octanol–water partition coefficient (Wildman–Crippen LogP) is 0.552. The van der Waals surface area contributed by atoms with Crippen LogP contribution in [0.2, 0.25) is 0 Å². The lowest BCUT2D eigenvalue weighted by Crippen LogP contribution is -2.34. The van der Waals surface area contributed by atoms with E-state index in [4.69, 9.17) is 4.74 Å². The number of benzene rings is 1. The summed E-state index contributed by atoms with van der Waals surface area (Å²) in [5.41, 5.74) is 3.13. The Morgan fingerprint density at radius 3 is 2.36 bits per heavy atom. The van der Waals surface area contributed by atoms with E-state index in [-0.39, 0.29) is 16.6 Å². The predicted molar refractivity (Wildman–Crippen MR) is 84.7 cm³/mol. The van der Waals surface area contributed by atoms with Crippen LogP contribution in [0.5, 0.6) is 5.75 Å². The fourth-order valence-corrected chi connectivity index (χ4v) is 2.71. The first-order valence-electron chi connectivity index (χ1n) is 6.45. The van der Waals surface area contributed by atoms with Crippen molar-refractivity contribution >= 4 is 22.0 Å². The highest BCUT2D eigenvalue weighted by atomic mass is 32.2. The van der Waals surface area contributed by atoms with E-state index in [0.29, 0.717) is 5.56 Å². The van der Waals surface area contributed by atoms with Crippen molar-refractivity contribution < 1.29 is 17.9 Å². The van der Waals surface area contributed by atoms with Gasteiger partial charge in [-0.25, -0.2) is 17.7 Å². The van der Waals surface area contributed by atoms with Gasteiger partial charge in [0.15, 0.2) is 0 Å². The van der Waals surface area contributed by atoms with Crippen molar-refractivity contribution in [2.75, 3.05) is 35.3 Å². The maximum absolute atomic E-state index is 12.3. The van der Waals surface area contributed by atoms with Crippen LogP contribution in [0.1, 0.15) is 5.56 Å². The van der Waals surface area contributed by atoms with Crippen LogP contribution in [-0.4, -0.2) is 58.9 Å². The SMILES string of the molecule is COc1ccc(/C=C/C(=O)NN(C)C)cc1S(=O)(=O)N(C)C. The van der Waals surface area contributed by atoms with E-state index in [1.807, 2.05) is 0 Å². The Morgan fingerprint density at radius 1 is 1.23 bits per heavy atom. The number of hydrazine groups is 1. The van der Waals surface area contributed by atoms with Crippen molar-refractivity contribution in [1.29, 1.82) is 0 Å². The number of amides is 1. The van der Waals surface area contributed by atoms with Crippen LogP contribution in [0.3, 0.4) is 0 Å². The number of nitrogens with zero attached hydrogens (tertiary/aromatic N) is 2. The molecule has 0 atom stereocenters. The van der Waals surface area contributed by atoms with Gasteiger partial charge in [0, 0.05) is 34.3 Å². The van der Waals surface area contributed by atoms with Crippen molar-refractivity contribution in [3.63, 3.8) is 0 Å². The van der Waals surface area contributed by atoms with Crippen LogP contribution < -0.4 is 10.2 Å². The lowest BCUT2D eigenvalue weighted by Gasteiger charge is -2.15. The molecule has 0 saturated heterocycles. The molecule has 0 aromatic heterocycles. The van der Waals surface area contributed by atoms with Crippen LogP contribution in [-0.2, 0) is 14.8 Å². The van der Waals surface area contributed by atoms with Crippen LogP contribution in [0.15, 0.2) is 29.2 Å². The second kappa shape index (κ2) is 7.39. The summed E-state index contributed by atoms with van der Waals surface area (Å²) in [7, 11) is 4.06. The maximum Gasteiger partial charge on any atom is 0.258 e. The fraction of sp³-hybridized carbons (Fsp3) is 0.357. The molecular weight excluding hydrogens is 306 g/mol. The minimum Gasteiger partial charge on any atom is -0.495 e. The number of rotatable bonds is 6. The molecule has 1 amide bonds. The van der Waals surface area contributed by atoms with Gasteiger partial charge in [-0.05, 0) is 23.8 Å². The first kappa shape index (κ1) is 18.1. The summed E-state index contributed by atoms with van der Waals surface area (Å²) in [5, 5.41) is 1.52. The zero-order valence-corrected chi connectivity index (χ0v) is 14.1. The Labute approximate surface area is 131 Å². The third-order valence-electron chi connectivity index (χ3n) is 2.71. The Balaban J connectivity index is 3.16. The standard InChI is InChI=1S/C14H21N3O4S/c1-16(2)15-14(18)9-7-11-6-8-12(21-5)13(10-11)22(19,20)17(3)4/h6-10H,1-5H3,(H,15,18)/b9-7+. The average molecular weight is 327 g/mol. The molecule has 1 N–H and O–H groups in total. The maximum atomic E-state index is 12.3. The molecule has 0 unspecified atom stereocenters. The van der Waals surface area contributed by atoms with E-state index >= 15 is 0 Å². The number of hydrogen-bond donors (Lipinski definition) is 1. The number of methoxy groups -OCH3 is 1. The van der Waals surface area contributed by atoms with Gasteiger partial charge in [0.25, 0.3) is 5.91 Å². The van der Waals surface area contributed by atoms with E-state index in [9.17, 15) is 13.2 Å². The van der Waals surface area contributed by atoms with Crippen molar-refractivity contribution in [2.45, 2.75) is 4.90 Å². The number of hydrogen-bond acceptors (Lipinski definition) is 5. The summed E-state index contributed by atoms with van der Waals surface area (Å²) >= 11 is 0. The van der Waals surface area contributed by atoms with Crippen molar-refractivity contribution in [2.24, 2.45) is 0 Å². The largest absolute Gasteiger partial charge is 0.495 e. The Bertz CT molecular complexity index is 667. The van der Waals surface area contributed by atoms with Gasteiger partial charge in [0.2, 0.25) is 10.0 Å². The topological polar surface area (TPSA) is 79.0 Å². The Morgan fingerprint density at radius 2 is 1.86 bits per heavy atom. The summed E-state index contributed by atoms with van der Waals surface area (Å²) in [6.45, 7) is 0. The van der Waals surface area contributed by atoms with E-state index in [0.717, 1.165) is 4.31 Å². The summed E-state index contributed by atoms with van der Waals surface area (Å²) in [4.78, 5) is 11.6. The first-order chi connectivity index (χ1) is 10.2. The number of sulfonamides is 1.